The molecule has 2 rings (SSSR count). The highest BCUT2D eigenvalue weighted by molar-refractivity contribution is 5.42. The van der Waals surface area contributed by atoms with Crippen LogP contribution in [-0.4, -0.2) is 4.98 Å². The number of alkyl halides is 3. The van der Waals surface area contributed by atoms with Gasteiger partial charge in [0.05, 0.1) is 16.7 Å². The van der Waals surface area contributed by atoms with Gasteiger partial charge in [-0.1, -0.05) is 5.92 Å². The average Bonchev–Trinajstić information content (AvgIpc) is 2.97. The Hall–Kier alpha value is -1.50. The molecule has 0 spiro atoms. The van der Waals surface area contributed by atoms with E-state index in [1.165, 1.54) is 12.3 Å². The van der Waals surface area contributed by atoms with Gasteiger partial charge in [-0.2, -0.15) is 13.2 Å². The highest BCUT2D eigenvalue weighted by Gasteiger charge is 2.49. The Morgan fingerprint density at radius 2 is 2.07 bits per heavy atom. The van der Waals surface area contributed by atoms with E-state index in [9.17, 15) is 13.2 Å². The minimum absolute atomic E-state index is 0.000000000000000444. The van der Waals surface area contributed by atoms with Crippen LogP contribution in [0.4, 0.5) is 13.2 Å². The van der Waals surface area contributed by atoms with E-state index < -0.39 is 17.2 Å². The molecule has 15 heavy (non-hydrogen) atoms. The lowest BCUT2D eigenvalue weighted by Crippen LogP contribution is -2.16. The number of pyridine rings is 1. The Kier molecular flexibility index (Phi) is 2.00. The summed E-state index contributed by atoms with van der Waals surface area (Å²) in [4.78, 5) is 3.79. The van der Waals surface area contributed by atoms with Crippen LogP contribution in [-0.2, 0) is 11.6 Å². The van der Waals surface area contributed by atoms with Crippen molar-refractivity contribution >= 4 is 0 Å². The number of nitrogens with zero attached hydrogens (tertiary/aromatic N) is 1. The smallest absolute Gasteiger partial charge is 0.259 e. The Labute approximate surface area is 85.3 Å². The molecule has 1 aromatic heterocycles. The van der Waals surface area contributed by atoms with Gasteiger partial charge in [0, 0.05) is 6.20 Å². The predicted molar refractivity (Wildman–Crippen MR) is 49.0 cm³/mol. The van der Waals surface area contributed by atoms with E-state index in [0.29, 0.717) is 12.8 Å². The van der Waals surface area contributed by atoms with Crippen molar-refractivity contribution in [2.45, 2.75) is 24.4 Å². The van der Waals surface area contributed by atoms with Gasteiger partial charge < -0.3 is 0 Å². The Morgan fingerprint density at radius 3 is 2.53 bits per heavy atom. The molecule has 0 saturated heterocycles. The summed E-state index contributed by atoms with van der Waals surface area (Å²) in [6.45, 7) is 0. The van der Waals surface area contributed by atoms with Gasteiger partial charge in [0.1, 0.15) is 0 Å². The molecular weight excluding hydrogens is 203 g/mol. The van der Waals surface area contributed by atoms with Gasteiger partial charge in [-0.15, -0.1) is 6.42 Å². The zero-order valence-corrected chi connectivity index (χ0v) is 7.80. The molecular formula is C11H8F3N. The number of hydrogen-bond acceptors (Lipinski definition) is 1. The number of aromatic nitrogens is 1. The van der Waals surface area contributed by atoms with Gasteiger partial charge in [-0.3, -0.25) is 4.98 Å². The fraction of sp³-hybridized carbons (Fsp3) is 0.364. The molecule has 1 fully saturated rings. The first kappa shape index (κ1) is 10.0. The molecule has 1 saturated carbocycles. The maximum absolute atomic E-state index is 12.6. The van der Waals surface area contributed by atoms with Crippen LogP contribution in [0.3, 0.4) is 0 Å². The lowest BCUT2D eigenvalue weighted by atomic mass is 9.98. The third kappa shape index (κ3) is 1.58. The molecule has 0 unspecified atom stereocenters. The van der Waals surface area contributed by atoms with E-state index in [0.717, 1.165) is 6.07 Å². The second-order valence-electron chi connectivity index (χ2n) is 3.62. The van der Waals surface area contributed by atoms with Crippen molar-refractivity contribution in [3.05, 3.63) is 29.6 Å². The maximum atomic E-state index is 12.6. The molecule has 0 radical (unpaired) electrons. The summed E-state index contributed by atoms with van der Waals surface area (Å²) in [6.07, 6.45) is 3.40. The topological polar surface area (TPSA) is 12.9 Å². The summed E-state index contributed by atoms with van der Waals surface area (Å²) in [5.41, 5.74) is -1.48. The van der Waals surface area contributed by atoms with Crippen LogP contribution in [0.15, 0.2) is 18.3 Å². The zero-order chi connectivity index (χ0) is 11.1. The highest BCUT2D eigenvalue weighted by Crippen LogP contribution is 2.50. The molecule has 1 aliphatic rings. The molecule has 0 atom stereocenters. The molecule has 4 heteroatoms. The second kappa shape index (κ2) is 2.99. The van der Waals surface area contributed by atoms with E-state index in [-0.39, 0.29) is 5.69 Å². The number of hydrogen-bond donors (Lipinski definition) is 0. The molecule has 0 amide bonds. The van der Waals surface area contributed by atoms with Crippen molar-refractivity contribution in [2.24, 2.45) is 0 Å². The van der Waals surface area contributed by atoms with Crippen LogP contribution >= 0.6 is 0 Å². The zero-order valence-electron chi connectivity index (χ0n) is 7.80. The van der Waals surface area contributed by atoms with Crippen molar-refractivity contribution in [3.63, 3.8) is 0 Å². The summed E-state index contributed by atoms with van der Waals surface area (Å²) in [7, 11) is 0. The molecule has 0 aromatic carbocycles. The van der Waals surface area contributed by atoms with Gasteiger partial charge in [0.15, 0.2) is 0 Å². The van der Waals surface area contributed by atoms with Gasteiger partial charge in [0.25, 0.3) is 0 Å². The first-order valence-corrected chi connectivity index (χ1v) is 4.50. The third-order valence-electron chi connectivity index (χ3n) is 2.59. The molecule has 1 nitrogen and oxygen atoms in total. The summed E-state index contributed by atoms with van der Waals surface area (Å²) in [6, 6.07) is 2.30. The Bertz CT molecular complexity index is 424. The maximum Gasteiger partial charge on any atom is 0.418 e. The number of halogens is 3. The normalized spacial score (nSPS) is 18.3. The summed E-state index contributed by atoms with van der Waals surface area (Å²) < 4.78 is 37.9. The fourth-order valence-electron chi connectivity index (χ4n) is 1.59. The van der Waals surface area contributed by atoms with Gasteiger partial charge in [-0.05, 0) is 25.0 Å². The van der Waals surface area contributed by atoms with Crippen LogP contribution in [0.5, 0.6) is 0 Å². The minimum Gasteiger partial charge on any atom is -0.259 e. The van der Waals surface area contributed by atoms with E-state index in [2.05, 4.69) is 10.9 Å². The molecule has 0 N–H and O–H groups in total. The first-order chi connectivity index (χ1) is 6.99. The quantitative estimate of drug-likeness (QED) is 0.651. The van der Waals surface area contributed by atoms with Crippen molar-refractivity contribution in [2.75, 3.05) is 0 Å². The fourth-order valence-corrected chi connectivity index (χ4v) is 1.59. The standard InChI is InChI=1S/C11H8F3N/c1-2-10(5-6-10)9-8(11(12,13)14)4-3-7-15-9/h1,3-4,7H,5-6H2. The van der Waals surface area contributed by atoms with E-state index in [4.69, 9.17) is 6.42 Å². The number of terminal acetylenes is 1. The van der Waals surface area contributed by atoms with Gasteiger partial charge in [-0.25, -0.2) is 0 Å². The summed E-state index contributed by atoms with van der Waals surface area (Å²) >= 11 is 0. The number of rotatable bonds is 1. The van der Waals surface area contributed by atoms with Crippen LogP contribution in [0.2, 0.25) is 0 Å². The first-order valence-electron chi connectivity index (χ1n) is 4.50. The van der Waals surface area contributed by atoms with E-state index in [1.807, 2.05) is 0 Å². The van der Waals surface area contributed by atoms with Crippen molar-refractivity contribution in [1.82, 2.24) is 4.98 Å². The average molecular weight is 211 g/mol. The predicted octanol–water partition coefficient (Wildman–Crippen LogP) is 2.77. The monoisotopic (exact) mass is 211 g/mol. The SMILES string of the molecule is C#CC1(c2ncccc2C(F)(F)F)CC1. The van der Waals surface area contributed by atoms with Crippen LogP contribution < -0.4 is 0 Å². The lowest BCUT2D eigenvalue weighted by Gasteiger charge is -2.14. The Balaban J connectivity index is 2.54. The minimum atomic E-state index is -4.38. The highest BCUT2D eigenvalue weighted by atomic mass is 19.4. The molecule has 1 heterocycles. The van der Waals surface area contributed by atoms with Crippen LogP contribution in [0.25, 0.3) is 0 Å². The summed E-state index contributed by atoms with van der Waals surface area (Å²) in [5, 5.41) is 0. The summed E-state index contributed by atoms with van der Waals surface area (Å²) in [5.74, 6) is 2.42. The lowest BCUT2D eigenvalue weighted by molar-refractivity contribution is -0.138. The van der Waals surface area contributed by atoms with Gasteiger partial charge >= 0.3 is 6.18 Å². The van der Waals surface area contributed by atoms with Gasteiger partial charge in [0.2, 0.25) is 0 Å². The second-order valence-corrected chi connectivity index (χ2v) is 3.62. The molecule has 1 aliphatic carbocycles. The molecule has 0 bridgehead atoms. The van der Waals surface area contributed by atoms with Crippen LogP contribution in [0.1, 0.15) is 24.1 Å². The molecule has 78 valence electrons. The largest absolute Gasteiger partial charge is 0.418 e. The van der Waals surface area contributed by atoms with E-state index >= 15 is 0 Å². The van der Waals surface area contributed by atoms with Crippen LogP contribution in [0, 0.1) is 12.3 Å². The van der Waals surface area contributed by atoms with Crippen molar-refractivity contribution in [1.29, 1.82) is 0 Å². The van der Waals surface area contributed by atoms with E-state index in [1.54, 1.807) is 0 Å². The van der Waals surface area contributed by atoms with Crippen molar-refractivity contribution in [3.8, 4) is 12.3 Å². The van der Waals surface area contributed by atoms with Crippen molar-refractivity contribution < 1.29 is 13.2 Å². The Morgan fingerprint density at radius 1 is 1.40 bits per heavy atom. The molecule has 0 aliphatic heterocycles. The third-order valence-corrected chi connectivity index (χ3v) is 2.59. The molecule has 1 aromatic rings.